The Morgan fingerprint density at radius 2 is 2.35 bits per heavy atom. The van der Waals surface area contributed by atoms with Gasteiger partial charge >= 0.3 is 5.97 Å². The summed E-state index contributed by atoms with van der Waals surface area (Å²) in [5.74, 6) is -0.440. The minimum Gasteiger partial charge on any atom is -0.467 e. The molecule has 0 aliphatic carbocycles. The Bertz CT molecular complexity index is 604. The number of methoxy groups -OCH3 is 1. The van der Waals surface area contributed by atoms with Crippen LogP contribution in [0.5, 0.6) is 0 Å². The molecule has 3 N–H and O–H groups in total. The molecule has 106 valence electrons. The molecule has 0 aliphatic rings. The summed E-state index contributed by atoms with van der Waals surface area (Å²) in [7, 11) is 1.21. The molecule has 0 bridgehead atoms. The summed E-state index contributed by atoms with van der Waals surface area (Å²) in [6, 6.07) is 3.46. The van der Waals surface area contributed by atoms with Crippen LogP contribution in [-0.4, -0.2) is 34.0 Å². The number of nitrogens with one attached hydrogen (secondary N) is 1. The summed E-state index contributed by atoms with van der Waals surface area (Å²) >= 11 is 0. The Hall–Kier alpha value is -2.84. The molecule has 2 aromatic rings. The van der Waals surface area contributed by atoms with Gasteiger partial charge in [-0.05, 0) is 12.1 Å². The van der Waals surface area contributed by atoms with Crippen molar-refractivity contribution in [3.8, 4) is 0 Å². The lowest BCUT2D eigenvalue weighted by atomic mass is 10.4. The van der Waals surface area contributed by atoms with E-state index in [0.29, 0.717) is 5.76 Å². The Balaban J connectivity index is 1.94. The first-order chi connectivity index (χ1) is 9.61. The van der Waals surface area contributed by atoms with Gasteiger partial charge in [0.2, 0.25) is 11.6 Å². The van der Waals surface area contributed by atoms with E-state index in [4.69, 9.17) is 10.2 Å². The number of esters is 1. The van der Waals surface area contributed by atoms with E-state index in [1.54, 1.807) is 12.1 Å². The van der Waals surface area contributed by atoms with Gasteiger partial charge in [-0.3, -0.25) is 4.79 Å². The molecule has 0 unspecified atom stereocenters. The summed E-state index contributed by atoms with van der Waals surface area (Å²) in [6.07, 6.45) is 1.51. The quantitative estimate of drug-likeness (QED) is 0.710. The van der Waals surface area contributed by atoms with E-state index >= 15 is 0 Å². The summed E-state index contributed by atoms with van der Waals surface area (Å²) in [4.78, 5) is 23.0. The number of hydrogen-bond acceptors (Lipinski definition) is 7. The second-order valence-corrected chi connectivity index (χ2v) is 3.83. The molecule has 0 saturated carbocycles. The summed E-state index contributed by atoms with van der Waals surface area (Å²) in [5.41, 5.74) is 5.54. The molecule has 2 aromatic heterocycles. The van der Waals surface area contributed by atoms with Gasteiger partial charge in [0.25, 0.3) is 0 Å². The van der Waals surface area contributed by atoms with Crippen molar-refractivity contribution < 1.29 is 18.7 Å². The number of nitrogen functional groups attached to an aromatic ring is 1. The van der Waals surface area contributed by atoms with E-state index < -0.39 is 5.97 Å². The van der Waals surface area contributed by atoms with Crippen molar-refractivity contribution in [2.45, 2.75) is 13.1 Å². The number of nitrogens with zero attached hydrogens (tertiary/aromatic N) is 3. The Kier molecular flexibility index (Phi) is 3.99. The van der Waals surface area contributed by atoms with Crippen LogP contribution >= 0.6 is 0 Å². The minimum absolute atomic E-state index is 0.0231. The normalized spacial score (nSPS) is 10.2. The fourth-order valence-corrected chi connectivity index (χ4v) is 1.47. The van der Waals surface area contributed by atoms with Crippen LogP contribution in [0.25, 0.3) is 0 Å². The van der Waals surface area contributed by atoms with Crippen molar-refractivity contribution in [2.24, 2.45) is 0 Å². The maximum absolute atomic E-state index is 11.7. The number of furan rings is 1. The van der Waals surface area contributed by atoms with Crippen molar-refractivity contribution in [1.29, 1.82) is 0 Å². The lowest BCUT2D eigenvalue weighted by Crippen LogP contribution is -2.28. The molecule has 0 radical (unpaired) electrons. The van der Waals surface area contributed by atoms with Crippen molar-refractivity contribution in [3.05, 3.63) is 29.9 Å². The van der Waals surface area contributed by atoms with E-state index in [-0.39, 0.29) is 30.5 Å². The fourth-order valence-electron chi connectivity index (χ4n) is 1.47. The van der Waals surface area contributed by atoms with E-state index in [1.165, 1.54) is 13.4 Å². The molecule has 9 nitrogen and oxygen atoms in total. The number of carbonyl (C=O) groups excluding carboxylic acids is 2. The highest BCUT2D eigenvalue weighted by Crippen LogP contribution is 2.08. The van der Waals surface area contributed by atoms with Gasteiger partial charge in [0, 0.05) is 0 Å². The van der Waals surface area contributed by atoms with E-state index in [0.717, 1.165) is 4.68 Å². The van der Waals surface area contributed by atoms with Crippen molar-refractivity contribution in [3.63, 3.8) is 0 Å². The van der Waals surface area contributed by atoms with E-state index in [2.05, 4.69) is 20.4 Å². The molecule has 1 amide bonds. The van der Waals surface area contributed by atoms with Crippen LogP contribution in [0.15, 0.2) is 22.8 Å². The Morgan fingerprint density at radius 3 is 3.00 bits per heavy atom. The van der Waals surface area contributed by atoms with Crippen LogP contribution in [0.4, 0.5) is 5.82 Å². The number of anilines is 1. The predicted molar refractivity (Wildman–Crippen MR) is 66.3 cm³/mol. The van der Waals surface area contributed by atoms with Gasteiger partial charge in [-0.15, -0.1) is 5.10 Å². The van der Waals surface area contributed by atoms with E-state index in [1.807, 2.05) is 0 Å². The number of rotatable bonds is 5. The molecular weight excluding hydrogens is 266 g/mol. The van der Waals surface area contributed by atoms with Gasteiger partial charge < -0.3 is 20.2 Å². The predicted octanol–water partition coefficient (Wildman–Crippen LogP) is -0.444. The van der Waals surface area contributed by atoms with Gasteiger partial charge in [0.05, 0.1) is 19.9 Å². The van der Waals surface area contributed by atoms with Gasteiger partial charge in [-0.25, -0.2) is 9.48 Å². The molecule has 0 atom stereocenters. The van der Waals surface area contributed by atoms with Gasteiger partial charge in [0.1, 0.15) is 12.3 Å². The maximum Gasteiger partial charge on any atom is 0.362 e. The third-order valence-electron chi connectivity index (χ3n) is 2.49. The molecule has 0 spiro atoms. The number of carbonyl (C=O) groups is 2. The average Bonchev–Trinajstić information content (AvgIpc) is 3.07. The molecule has 9 heteroatoms. The SMILES string of the molecule is COC(=O)c1nnn(CC(=O)NCc2ccco2)c1N. The smallest absolute Gasteiger partial charge is 0.362 e. The lowest BCUT2D eigenvalue weighted by Gasteiger charge is -2.04. The zero-order valence-electron chi connectivity index (χ0n) is 10.7. The first-order valence-electron chi connectivity index (χ1n) is 5.68. The molecular formula is C11H13N5O4. The molecule has 0 aliphatic heterocycles. The van der Waals surface area contributed by atoms with Gasteiger partial charge in [-0.2, -0.15) is 0 Å². The lowest BCUT2D eigenvalue weighted by molar-refractivity contribution is -0.122. The molecule has 0 fully saturated rings. The highest BCUT2D eigenvalue weighted by molar-refractivity contribution is 5.92. The van der Waals surface area contributed by atoms with Crippen LogP contribution in [0.1, 0.15) is 16.2 Å². The standard InChI is InChI=1S/C11H13N5O4/c1-19-11(18)9-10(12)16(15-14-9)6-8(17)13-5-7-3-2-4-20-7/h2-4H,5-6,12H2,1H3,(H,13,17). The Labute approximate surface area is 113 Å². The van der Waals surface area contributed by atoms with Gasteiger partial charge in [0.15, 0.2) is 5.82 Å². The Morgan fingerprint density at radius 1 is 1.55 bits per heavy atom. The van der Waals surface area contributed by atoms with Crippen molar-refractivity contribution in [1.82, 2.24) is 20.3 Å². The van der Waals surface area contributed by atoms with Crippen LogP contribution in [-0.2, 0) is 22.6 Å². The fraction of sp³-hybridized carbons (Fsp3) is 0.273. The average molecular weight is 279 g/mol. The van der Waals surface area contributed by atoms with Crippen LogP contribution in [0.3, 0.4) is 0 Å². The zero-order valence-corrected chi connectivity index (χ0v) is 10.7. The molecule has 0 aromatic carbocycles. The highest BCUT2D eigenvalue weighted by atomic mass is 16.5. The first kappa shape index (κ1) is 13.6. The first-order valence-corrected chi connectivity index (χ1v) is 5.68. The third kappa shape index (κ3) is 2.94. The van der Waals surface area contributed by atoms with Crippen LogP contribution in [0.2, 0.25) is 0 Å². The maximum atomic E-state index is 11.7. The topological polar surface area (TPSA) is 125 Å². The van der Waals surface area contributed by atoms with E-state index in [9.17, 15) is 9.59 Å². The number of ether oxygens (including phenoxy) is 1. The third-order valence-corrected chi connectivity index (χ3v) is 2.49. The summed E-state index contributed by atoms with van der Waals surface area (Å²) < 4.78 is 10.7. The van der Waals surface area contributed by atoms with Crippen LogP contribution < -0.4 is 11.1 Å². The summed E-state index contributed by atoms with van der Waals surface area (Å²) in [5, 5.41) is 9.81. The number of hydrogen-bond donors (Lipinski definition) is 2. The van der Waals surface area contributed by atoms with Gasteiger partial charge in [-0.1, -0.05) is 5.21 Å². The number of nitrogens with two attached hydrogens (primary N) is 1. The largest absolute Gasteiger partial charge is 0.467 e. The molecule has 20 heavy (non-hydrogen) atoms. The molecule has 2 heterocycles. The highest BCUT2D eigenvalue weighted by Gasteiger charge is 2.19. The second kappa shape index (κ2) is 5.87. The monoisotopic (exact) mass is 279 g/mol. The minimum atomic E-state index is -0.704. The summed E-state index contributed by atoms with van der Waals surface area (Å²) in [6.45, 7) is 0.0980. The molecule has 2 rings (SSSR count). The van der Waals surface area contributed by atoms with Crippen LogP contribution in [0, 0.1) is 0 Å². The number of aromatic nitrogens is 3. The van der Waals surface area contributed by atoms with Crippen molar-refractivity contribution in [2.75, 3.05) is 12.8 Å². The van der Waals surface area contributed by atoms with Crippen molar-refractivity contribution >= 4 is 17.7 Å². The number of amides is 1. The zero-order chi connectivity index (χ0) is 14.5. The second-order valence-electron chi connectivity index (χ2n) is 3.83. The molecule has 0 saturated heterocycles.